The normalized spacial score (nSPS) is 17.0. The van der Waals surface area contributed by atoms with Crippen molar-refractivity contribution in [3.05, 3.63) is 0 Å². The fraction of sp³-hybridized carbons (Fsp3) is 0.800. The zero-order chi connectivity index (χ0) is 16.5. The lowest BCUT2D eigenvalue weighted by molar-refractivity contribution is -0.124. The van der Waals surface area contributed by atoms with Crippen LogP contribution in [0.2, 0.25) is 0 Å². The quantitative estimate of drug-likeness (QED) is 0.353. The number of carbonyl (C=O) groups is 2. The van der Waals surface area contributed by atoms with Crippen LogP contribution in [0, 0.1) is 5.92 Å². The molecule has 0 radical (unpaired) electrons. The molecule has 1 aliphatic rings. The second kappa shape index (κ2) is 9.27. The summed E-state index contributed by atoms with van der Waals surface area (Å²) in [6.07, 6.45) is 2.24. The van der Waals surface area contributed by atoms with Crippen molar-refractivity contribution in [1.82, 2.24) is 20.9 Å². The van der Waals surface area contributed by atoms with Crippen molar-refractivity contribution in [2.24, 2.45) is 10.9 Å². The zero-order valence-electron chi connectivity index (χ0n) is 14.1. The molecule has 1 atom stereocenters. The van der Waals surface area contributed by atoms with Gasteiger partial charge in [0.25, 0.3) is 0 Å². The minimum absolute atomic E-state index is 0.0904. The van der Waals surface area contributed by atoms with Gasteiger partial charge in [0.05, 0.1) is 19.6 Å². The number of imide groups is 1. The average Bonchev–Trinajstić information content (AvgIpc) is 2.77. The highest BCUT2D eigenvalue weighted by Gasteiger charge is 2.27. The Morgan fingerprint density at radius 2 is 2.05 bits per heavy atom. The van der Waals surface area contributed by atoms with E-state index in [1.807, 2.05) is 6.92 Å². The molecule has 1 fully saturated rings. The number of amides is 3. The molecule has 22 heavy (non-hydrogen) atoms. The summed E-state index contributed by atoms with van der Waals surface area (Å²) >= 11 is 0. The molecule has 7 heteroatoms. The molecule has 0 aromatic rings. The predicted molar refractivity (Wildman–Crippen MR) is 87.8 cm³/mol. The van der Waals surface area contributed by atoms with Gasteiger partial charge < -0.3 is 16.0 Å². The zero-order valence-corrected chi connectivity index (χ0v) is 14.1. The van der Waals surface area contributed by atoms with E-state index in [2.05, 4.69) is 41.7 Å². The van der Waals surface area contributed by atoms with Crippen LogP contribution in [0.3, 0.4) is 0 Å². The standard InChI is InChI=1S/C15H29N5O2/c1-5-16-14(19-12(4)7-6-11(2)3)17-8-9-20-13(21)10-18-15(20)22/h11-12H,5-10H2,1-4H3,(H,18,22)(H2,16,17,19). The number of urea groups is 1. The van der Waals surface area contributed by atoms with Crippen LogP contribution in [0.15, 0.2) is 4.99 Å². The van der Waals surface area contributed by atoms with Crippen molar-refractivity contribution in [2.75, 3.05) is 26.2 Å². The Morgan fingerprint density at radius 3 is 2.59 bits per heavy atom. The summed E-state index contributed by atoms with van der Waals surface area (Å²) in [4.78, 5) is 28.5. The Morgan fingerprint density at radius 1 is 1.32 bits per heavy atom. The molecule has 1 aliphatic heterocycles. The van der Waals surface area contributed by atoms with Gasteiger partial charge >= 0.3 is 6.03 Å². The molecule has 0 aromatic carbocycles. The van der Waals surface area contributed by atoms with Gasteiger partial charge in [-0.2, -0.15) is 0 Å². The van der Waals surface area contributed by atoms with Crippen LogP contribution in [0.1, 0.15) is 40.5 Å². The van der Waals surface area contributed by atoms with Crippen molar-refractivity contribution in [3.63, 3.8) is 0 Å². The molecule has 0 saturated carbocycles. The summed E-state index contributed by atoms with van der Waals surface area (Å²) in [6.45, 7) is 10.1. The fourth-order valence-electron chi connectivity index (χ4n) is 2.15. The first kappa shape index (κ1) is 18.3. The molecule has 0 bridgehead atoms. The van der Waals surface area contributed by atoms with E-state index in [-0.39, 0.29) is 18.5 Å². The molecule has 1 rings (SSSR count). The largest absolute Gasteiger partial charge is 0.357 e. The van der Waals surface area contributed by atoms with E-state index in [0.29, 0.717) is 25.0 Å². The van der Waals surface area contributed by atoms with Crippen LogP contribution < -0.4 is 16.0 Å². The lowest BCUT2D eigenvalue weighted by Gasteiger charge is -2.19. The highest BCUT2D eigenvalue weighted by molar-refractivity contribution is 6.01. The summed E-state index contributed by atoms with van der Waals surface area (Å²) in [7, 11) is 0. The summed E-state index contributed by atoms with van der Waals surface area (Å²) in [5.74, 6) is 1.22. The van der Waals surface area contributed by atoms with Crippen molar-refractivity contribution in [3.8, 4) is 0 Å². The van der Waals surface area contributed by atoms with E-state index in [1.165, 1.54) is 4.90 Å². The third-order valence-corrected chi connectivity index (χ3v) is 3.43. The molecular formula is C15H29N5O2. The fourth-order valence-corrected chi connectivity index (χ4v) is 2.15. The molecule has 0 aliphatic carbocycles. The number of carbonyl (C=O) groups excluding carboxylic acids is 2. The Balaban J connectivity index is 2.44. The number of aliphatic imine (C=N–C) groups is 1. The Labute approximate surface area is 132 Å². The highest BCUT2D eigenvalue weighted by atomic mass is 16.2. The van der Waals surface area contributed by atoms with Crippen LogP contribution in [0.5, 0.6) is 0 Å². The van der Waals surface area contributed by atoms with Crippen molar-refractivity contribution < 1.29 is 9.59 Å². The van der Waals surface area contributed by atoms with Crippen LogP contribution in [-0.4, -0.2) is 55.0 Å². The number of guanidine groups is 1. The summed E-state index contributed by atoms with van der Waals surface area (Å²) in [5.41, 5.74) is 0. The number of nitrogens with one attached hydrogen (secondary N) is 3. The second-order valence-corrected chi connectivity index (χ2v) is 5.98. The number of nitrogens with zero attached hydrogens (tertiary/aromatic N) is 2. The van der Waals surface area contributed by atoms with E-state index in [1.54, 1.807) is 0 Å². The molecular weight excluding hydrogens is 282 g/mol. The van der Waals surface area contributed by atoms with E-state index >= 15 is 0 Å². The Kier molecular flexibility index (Phi) is 7.70. The van der Waals surface area contributed by atoms with Crippen molar-refractivity contribution >= 4 is 17.9 Å². The lowest BCUT2D eigenvalue weighted by Crippen LogP contribution is -2.43. The monoisotopic (exact) mass is 311 g/mol. The average molecular weight is 311 g/mol. The SMILES string of the molecule is CCNC(=NCCN1C(=O)CNC1=O)NC(C)CCC(C)C. The van der Waals surface area contributed by atoms with Gasteiger partial charge in [-0.25, -0.2) is 4.79 Å². The van der Waals surface area contributed by atoms with Gasteiger partial charge in [-0.15, -0.1) is 0 Å². The molecule has 7 nitrogen and oxygen atoms in total. The Hall–Kier alpha value is -1.79. The minimum atomic E-state index is -0.330. The van der Waals surface area contributed by atoms with Gasteiger partial charge in [-0.05, 0) is 32.6 Å². The number of hydrogen-bond acceptors (Lipinski definition) is 3. The third kappa shape index (κ3) is 6.32. The molecule has 3 amide bonds. The lowest BCUT2D eigenvalue weighted by atomic mass is 10.0. The van der Waals surface area contributed by atoms with E-state index in [4.69, 9.17) is 0 Å². The van der Waals surface area contributed by atoms with Gasteiger partial charge in [-0.1, -0.05) is 13.8 Å². The molecule has 1 saturated heterocycles. The molecule has 0 spiro atoms. The topological polar surface area (TPSA) is 85.8 Å². The number of hydrogen-bond donors (Lipinski definition) is 3. The smallest absolute Gasteiger partial charge is 0.324 e. The van der Waals surface area contributed by atoms with E-state index in [9.17, 15) is 9.59 Å². The van der Waals surface area contributed by atoms with Crippen LogP contribution in [0.25, 0.3) is 0 Å². The van der Waals surface area contributed by atoms with Crippen LogP contribution >= 0.6 is 0 Å². The van der Waals surface area contributed by atoms with Gasteiger partial charge in [0.15, 0.2) is 5.96 Å². The first-order valence-corrected chi connectivity index (χ1v) is 8.07. The van der Waals surface area contributed by atoms with Gasteiger partial charge in [0, 0.05) is 12.6 Å². The van der Waals surface area contributed by atoms with Crippen molar-refractivity contribution in [2.45, 2.75) is 46.6 Å². The van der Waals surface area contributed by atoms with E-state index < -0.39 is 0 Å². The molecule has 1 unspecified atom stereocenters. The summed E-state index contributed by atoms with van der Waals surface area (Å²) in [6, 6.07) is 0.000351. The molecule has 3 N–H and O–H groups in total. The van der Waals surface area contributed by atoms with E-state index in [0.717, 1.165) is 25.3 Å². The summed E-state index contributed by atoms with van der Waals surface area (Å²) in [5, 5.41) is 9.04. The predicted octanol–water partition coefficient (Wildman–Crippen LogP) is 0.918. The molecule has 126 valence electrons. The van der Waals surface area contributed by atoms with Crippen LogP contribution in [-0.2, 0) is 4.79 Å². The maximum absolute atomic E-state index is 11.5. The highest BCUT2D eigenvalue weighted by Crippen LogP contribution is 2.06. The first-order chi connectivity index (χ1) is 10.4. The van der Waals surface area contributed by atoms with Crippen LogP contribution in [0.4, 0.5) is 4.79 Å². The molecule has 0 aromatic heterocycles. The van der Waals surface area contributed by atoms with Gasteiger partial charge in [0.1, 0.15) is 0 Å². The maximum atomic E-state index is 11.5. The first-order valence-electron chi connectivity index (χ1n) is 8.07. The molecule has 1 heterocycles. The third-order valence-electron chi connectivity index (χ3n) is 3.43. The maximum Gasteiger partial charge on any atom is 0.324 e. The Bertz CT molecular complexity index is 393. The minimum Gasteiger partial charge on any atom is -0.357 e. The summed E-state index contributed by atoms with van der Waals surface area (Å²) < 4.78 is 0. The van der Waals surface area contributed by atoms with Gasteiger partial charge in [-0.3, -0.25) is 14.7 Å². The van der Waals surface area contributed by atoms with Crippen molar-refractivity contribution in [1.29, 1.82) is 0 Å². The second-order valence-electron chi connectivity index (χ2n) is 5.98. The van der Waals surface area contributed by atoms with Gasteiger partial charge in [0.2, 0.25) is 5.91 Å². The number of rotatable bonds is 8.